The molecule has 0 atom stereocenters. The predicted molar refractivity (Wildman–Crippen MR) is 37.2 cm³/mol. The van der Waals surface area contributed by atoms with Gasteiger partial charge in [0.25, 0.3) is 0 Å². The molecule has 1 radical (unpaired) electrons. The fourth-order valence-corrected chi connectivity index (χ4v) is 0.722. The van der Waals surface area contributed by atoms with Crippen LogP contribution in [0.2, 0.25) is 0 Å². The summed E-state index contributed by atoms with van der Waals surface area (Å²) in [5.41, 5.74) is 2.13. The maximum atomic E-state index is 4.24. The molecule has 1 heterocycles. The normalized spacial score (nSPS) is 9.56. The van der Waals surface area contributed by atoms with Crippen LogP contribution in [0.4, 0.5) is 0 Å². The van der Waals surface area contributed by atoms with Crippen LogP contribution in [0.15, 0.2) is 12.1 Å². The summed E-state index contributed by atoms with van der Waals surface area (Å²) in [7, 11) is 0. The van der Waals surface area contributed by atoms with Gasteiger partial charge in [0.15, 0.2) is 0 Å². The van der Waals surface area contributed by atoms with Crippen LogP contribution in [-0.4, -0.2) is 4.98 Å². The van der Waals surface area contributed by atoms with Gasteiger partial charge >= 0.3 is 0 Å². The molecule has 0 N–H and O–H groups in total. The zero-order valence-corrected chi connectivity index (χ0v) is 5.81. The van der Waals surface area contributed by atoms with Gasteiger partial charge in [-0.3, -0.25) is 4.98 Å². The molecule has 0 aliphatic carbocycles. The summed E-state index contributed by atoms with van der Waals surface area (Å²) in [5.74, 6) is 0. The Morgan fingerprint density at radius 3 is 2.89 bits per heavy atom. The monoisotopic (exact) mass is 120 g/mol. The average molecular weight is 120 g/mol. The number of aromatic nitrogens is 1. The maximum absolute atomic E-state index is 4.24. The summed E-state index contributed by atoms with van der Waals surface area (Å²) < 4.78 is 0. The van der Waals surface area contributed by atoms with Crippen LogP contribution in [0.5, 0.6) is 0 Å². The Bertz CT molecular complexity index is 194. The molecule has 1 aromatic heterocycles. The van der Waals surface area contributed by atoms with Crippen molar-refractivity contribution in [3.05, 3.63) is 29.6 Å². The lowest BCUT2D eigenvalue weighted by Crippen LogP contribution is -1.87. The summed E-state index contributed by atoms with van der Waals surface area (Å²) in [5, 5.41) is 0. The molecule has 0 bridgehead atoms. The number of hydrogen-bond acceptors (Lipinski definition) is 1. The third-order valence-corrected chi connectivity index (χ3v) is 1.22. The zero-order valence-electron chi connectivity index (χ0n) is 5.81. The number of rotatable bonds is 1. The molecular weight excluding hydrogens is 110 g/mol. The van der Waals surface area contributed by atoms with Crippen LogP contribution in [0, 0.1) is 13.0 Å². The first-order valence-corrected chi connectivity index (χ1v) is 3.17. The lowest BCUT2D eigenvalue weighted by atomic mass is 10.3. The Balaban J connectivity index is 2.94. The van der Waals surface area contributed by atoms with E-state index in [1.165, 1.54) is 0 Å². The van der Waals surface area contributed by atoms with Crippen LogP contribution in [0.25, 0.3) is 0 Å². The first-order chi connectivity index (χ1) is 4.33. The second-order valence-electron chi connectivity index (χ2n) is 2.03. The van der Waals surface area contributed by atoms with Crippen molar-refractivity contribution in [2.24, 2.45) is 0 Å². The average Bonchev–Trinajstić information content (AvgIpc) is 1.88. The highest BCUT2D eigenvalue weighted by Gasteiger charge is 1.88. The lowest BCUT2D eigenvalue weighted by Gasteiger charge is -1.93. The van der Waals surface area contributed by atoms with E-state index in [1.807, 2.05) is 19.1 Å². The molecule has 47 valence electrons. The second kappa shape index (κ2) is 2.62. The minimum Gasteiger partial charge on any atom is -0.258 e. The van der Waals surface area contributed by atoms with E-state index in [2.05, 4.69) is 18.0 Å². The smallest absolute Gasteiger partial charge is 0.0482 e. The summed E-state index contributed by atoms with van der Waals surface area (Å²) in [6, 6.07) is 6.92. The van der Waals surface area contributed by atoms with Gasteiger partial charge in [-0.15, -0.1) is 0 Å². The van der Waals surface area contributed by atoms with E-state index in [0.29, 0.717) is 0 Å². The molecule has 0 amide bonds. The van der Waals surface area contributed by atoms with Gasteiger partial charge in [0.05, 0.1) is 0 Å². The zero-order chi connectivity index (χ0) is 6.69. The molecule has 0 fully saturated rings. The van der Waals surface area contributed by atoms with Crippen molar-refractivity contribution in [3.8, 4) is 0 Å². The van der Waals surface area contributed by atoms with E-state index in [9.17, 15) is 0 Å². The molecule has 0 saturated heterocycles. The van der Waals surface area contributed by atoms with Crippen LogP contribution >= 0.6 is 0 Å². The van der Waals surface area contributed by atoms with Crippen molar-refractivity contribution in [3.63, 3.8) is 0 Å². The molecule has 1 heteroatoms. The van der Waals surface area contributed by atoms with Crippen molar-refractivity contribution in [1.82, 2.24) is 4.98 Å². The summed E-state index contributed by atoms with van der Waals surface area (Å²) in [6.45, 7) is 4.07. The fraction of sp³-hybridized carbons (Fsp3) is 0.375. The van der Waals surface area contributed by atoms with E-state index in [1.54, 1.807) is 0 Å². The minimum absolute atomic E-state index is 0.974. The molecule has 0 spiro atoms. The SMILES string of the molecule is CCc1[c]ccc(C)n1. The van der Waals surface area contributed by atoms with Gasteiger partial charge in [0, 0.05) is 17.5 Å². The van der Waals surface area contributed by atoms with E-state index in [0.717, 1.165) is 17.8 Å². The Hall–Kier alpha value is -0.850. The van der Waals surface area contributed by atoms with Gasteiger partial charge in [0.2, 0.25) is 0 Å². The van der Waals surface area contributed by atoms with Gasteiger partial charge in [-0.25, -0.2) is 0 Å². The van der Waals surface area contributed by atoms with Gasteiger partial charge in [0.1, 0.15) is 0 Å². The molecule has 0 aliphatic rings. The molecular formula is C8H10N. The Morgan fingerprint density at radius 2 is 2.44 bits per heavy atom. The fourth-order valence-electron chi connectivity index (χ4n) is 0.722. The van der Waals surface area contributed by atoms with E-state index < -0.39 is 0 Å². The van der Waals surface area contributed by atoms with Crippen molar-refractivity contribution in [2.45, 2.75) is 20.3 Å². The highest BCUT2D eigenvalue weighted by atomic mass is 14.7. The molecule has 0 unspecified atom stereocenters. The Labute approximate surface area is 55.7 Å². The van der Waals surface area contributed by atoms with Crippen LogP contribution in [0.1, 0.15) is 18.3 Å². The minimum atomic E-state index is 0.974. The highest BCUT2D eigenvalue weighted by molar-refractivity contribution is 5.07. The number of pyridine rings is 1. The highest BCUT2D eigenvalue weighted by Crippen LogP contribution is 1.96. The molecule has 0 aliphatic heterocycles. The van der Waals surface area contributed by atoms with Crippen molar-refractivity contribution < 1.29 is 0 Å². The molecule has 1 rings (SSSR count). The Morgan fingerprint density at radius 1 is 1.67 bits per heavy atom. The van der Waals surface area contributed by atoms with E-state index in [4.69, 9.17) is 0 Å². The molecule has 1 nitrogen and oxygen atoms in total. The van der Waals surface area contributed by atoms with Gasteiger partial charge < -0.3 is 0 Å². The summed E-state index contributed by atoms with van der Waals surface area (Å²) in [6.07, 6.45) is 0.974. The molecule has 0 aromatic carbocycles. The van der Waals surface area contributed by atoms with Gasteiger partial charge in [-0.2, -0.15) is 0 Å². The predicted octanol–water partition coefficient (Wildman–Crippen LogP) is 1.75. The summed E-state index contributed by atoms with van der Waals surface area (Å²) in [4.78, 5) is 4.24. The topological polar surface area (TPSA) is 12.9 Å². The van der Waals surface area contributed by atoms with Crippen LogP contribution < -0.4 is 0 Å². The summed E-state index contributed by atoms with van der Waals surface area (Å²) >= 11 is 0. The molecule has 0 saturated carbocycles. The largest absolute Gasteiger partial charge is 0.258 e. The standard InChI is InChI=1S/C8H10N/c1-3-8-6-4-5-7(2)9-8/h4-5H,3H2,1-2H3. The van der Waals surface area contributed by atoms with Crippen molar-refractivity contribution in [2.75, 3.05) is 0 Å². The van der Waals surface area contributed by atoms with E-state index >= 15 is 0 Å². The van der Waals surface area contributed by atoms with Gasteiger partial charge in [-0.05, 0) is 19.4 Å². The Kier molecular flexibility index (Phi) is 1.83. The number of hydrogen-bond donors (Lipinski definition) is 0. The number of nitrogens with zero attached hydrogens (tertiary/aromatic N) is 1. The van der Waals surface area contributed by atoms with Crippen molar-refractivity contribution in [1.29, 1.82) is 0 Å². The van der Waals surface area contributed by atoms with E-state index in [-0.39, 0.29) is 0 Å². The molecule has 1 aromatic rings. The maximum Gasteiger partial charge on any atom is 0.0482 e. The molecule has 9 heavy (non-hydrogen) atoms. The number of aryl methyl sites for hydroxylation is 2. The first-order valence-electron chi connectivity index (χ1n) is 3.17. The van der Waals surface area contributed by atoms with Crippen LogP contribution in [-0.2, 0) is 6.42 Å². The van der Waals surface area contributed by atoms with Crippen LogP contribution in [0.3, 0.4) is 0 Å². The third kappa shape index (κ3) is 1.53. The lowest BCUT2D eigenvalue weighted by molar-refractivity contribution is 1.00. The first kappa shape index (κ1) is 6.27. The third-order valence-electron chi connectivity index (χ3n) is 1.22. The quantitative estimate of drug-likeness (QED) is 0.550. The van der Waals surface area contributed by atoms with Crippen molar-refractivity contribution >= 4 is 0 Å². The van der Waals surface area contributed by atoms with Gasteiger partial charge in [-0.1, -0.05) is 13.0 Å². The second-order valence-corrected chi connectivity index (χ2v) is 2.03.